The van der Waals surface area contributed by atoms with Crippen molar-refractivity contribution in [1.82, 2.24) is 9.97 Å². The number of nitriles is 1. The summed E-state index contributed by atoms with van der Waals surface area (Å²) in [6, 6.07) is 15.7. The Morgan fingerprint density at radius 2 is 2.07 bits per heavy atom. The summed E-state index contributed by atoms with van der Waals surface area (Å²) in [5.74, 6) is 1.15. The molecule has 0 spiro atoms. The van der Waals surface area contributed by atoms with Crippen molar-refractivity contribution in [3.8, 4) is 17.3 Å². The average molecular weight is 400 g/mol. The second-order valence-corrected chi connectivity index (χ2v) is 7.54. The highest BCUT2D eigenvalue weighted by atomic mass is 16.5. The Kier molecular flexibility index (Phi) is 5.89. The van der Waals surface area contributed by atoms with E-state index in [9.17, 15) is 10.1 Å². The molecule has 0 unspecified atom stereocenters. The number of aromatic nitrogens is 2. The lowest BCUT2D eigenvalue weighted by Crippen LogP contribution is -2.35. The number of nitrogens with zero attached hydrogens (tertiary/aromatic N) is 4. The number of piperidine rings is 1. The van der Waals surface area contributed by atoms with Gasteiger partial charge in [0.2, 0.25) is 0 Å². The van der Waals surface area contributed by atoms with Crippen molar-refractivity contribution in [3.63, 3.8) is 0 Å². The molecule has 6 heteroatoms. The van der Waals surface area contributed by atoms with E-state index >= 15 is 0 Å². The zero-order valence-corrected chi connectivity index (χ0v) is 17.0. The van der Waals surface area contributed by atoms with Gasteiger partial charge < -0.3 is 9.64 Å². The maximum Gasteiger partial charge on any atom is 0.306 e. The molecule has 1 saturated heterocycles. The van der Waals surface area contributed by atoms with Crippen molar-refractivity contribution in [2.75, 3.05) is 24.6 Å². The maximum atomic E-state index is 11.8. The van der Waals surface area contributed by atoms with Crippen LogP contribution in [0.3, 0.4) is 0 Å². The Bertz CT molecular complexity index is 1100. The van der Waals surface area contributed by atoms with Gasteiger partial charge >= 0.3 is 5.97 Å². The minimum absolute atomic E-state index is 0.106. The molecular weight excluding hydrogens is 376 g/mol. The molecule has 0 aliphatic carbocycles. The number of hydrogen-bond acceptors (Lipinski definition) is 6. The molecule has 1 aliphatic rings. The fourth-order valence-corrected chi connectivity index (χ4v) is 3.99. The largest absolute Gasteiger partial charge is 0.466 e. The molecule has 1 fully saturated rings. The molecule has 0 atom stereocenters. The van der Waals surface area contributed by atoms with Crippen LogP contribution in [0.2, 0.25) is 0 Å². The van der Waals surface area contributed by atoms with Crippen LogP contribution in [0.25, 0.3) is 22.2 Å². The lowest BCUT2D eigenvalue weighted by Gasteiger charge is -2.32. The Hall–Kier alpha value is -3.46. The van der Waals surface area contributed by atoms with Crippen LogP contribution in [0.4, 0.5) is 5.82 Å². The van der Waals surface area contributed by atoms with Crippen molar-refractivity contribution in [1.29, 1.82) is 5.26 Å². The first-order chi connectivity index (χ1) is 14.7. The lowest BCUT2D eigenvalue weighted by atomic mass is 9.93. The van der Waals surface area contributed by atoms with E-state index in [2.05, 4.69) is 22.0 Å². The first-order valence-corrected chi connectivity index (χ1v) is 10.3. The number of hydrogen-bond donors (Lipinski definition) is 0. The number of anilines is 1. The van der Waals surface area contributed by atoms with Gasteiger partial charge in [-0.05, 0) is 49.9 Å². The second-order valence-electron chi connectivity index (χ2n) is 7.54. The number of ether oxygens (including phenoxy) is 1. The van der Waals surface area contributed by atoms with Gasteiger partial charge in [0, 0.05) is 36.7 Å². The maximum absolute atomic E-state index is 11.8. The standard InChI is InChI=1S/C24H24N4O2/c1-2-30-22(29)14-17-8-11-28(12-9-17)21-15-20-7-4-10-26-23(20)24(27-21)19-6-3-5-18(13-19)16-25/h3-7,10,13,15,17H,2,8-9,11-12,14H2,1H3. The van der Waals surface area contributed by atoms with Gasteiger partial charge in [-0.25, -0.2) is 4.98 Å². The van der Waals surface area contributed by atoms with Crippen LogP contribution in [-0.2, 0) is 9.53 Å². The van der Waals surface area contributed by atoms with Crippen molar-refractivity contribution >= 4 is 22.7 Å². The van der Waals surface area contributed by atoms with E-state index in [1.54, 1.807) is 12.3 Å². The summed E-state index contributed by atoms with van der Waals surface area (Å²) in [7, 11) is 0. The van der Waals surface area contributed by atoms with Crippen molar-refractivity contribution in [2.45, 2.75) is 26.2 Å². The van der Waals surface area contributed by atoms with Gasteiger partial charge in [-0.2, -0.15) is 5.26 Å². The van der Waals surface area contributed by atoms with E-state index in [1.165, 1.54) is 0 Å². The second kappa shape index (κ2) is 8.91. The Labute approximate surface area is 176 Å². The molecule has 4 rings (SSSR count). The third-order valence-corrected chi connectivity index (χ3v) is 5.54. The molecule has 0 amide bonds. The Morgan fingerprint density at radius 1 is 1.23 bits per heavy atom. The van der Waals surface area contributed by atoms with E-state index in [-0.39, 0.29) is 5.97 Å². The summed E-state index contributed by atoms with van der Waals surface area (Å²) < 4.78 is 5.09. The highest BCUT2D eigenvalue weighted by Crippen LogP contribution is 2.31. The minimum atomic E-state index is -0.106. The number of benzene rings is 1. The molecular formula is C24H24N4O2. The van der Waals surface area contributed by atoms with E-state index in [0.29, 0.717) is 24.5 Å². The molecule has 1 aliphatic heterocycles. The number of carbonyl (C=O) groups is 1. The van der Waals surface area contributed by atoms with Crippen LogP contribution in [0.15, 0.2) is 48.7 Å². The molecule has 2 aromatic heterocycles. The molecule has 3 heterocycles. The van der Waals surface area contributed by atoms with E-state index in [4.69, 9.17) is 9.72 Å². The molecule has 1 aromatic carbocycles. The fraction of sp³-hybridized carbons (Fsp3) is 0.333. The van der Waals surface area contributed by atoms with Gasteiger partial charge in [0.15, 0.2) is 0 Å². The van der Waals surface area contributed by atoms with Crippen molar-refractivity contribution in [2.24, 2.45) is 5.92 Å². The Morgan fingerprint density at radius 3 is 2.83 bits per heavy atom. The van der Waals surface area contributed by atoms with Crippen LogP contribution in [-0.4, -0.2) is 35.6 Å². The van der Waals surface area contributed by atoms with Crippen molar-refractivity contribution in [3.05, 3.63) is 54.2 Å². The SMILES string of the molecule is CCOC(=O)CC1CCN(c2cc3cccnc3c(-c3cccc(C#N)c3)n2)CC1. The highest BCUT2D eigenvalue weighted by Gasteiger charge is 2.24. The summed E-state index contributed by atoms with van der Waals surface area (Å²) in [5, 5.41) is 10.3. The van der Waals surface area contributed by atoms with Crippen LogP contribution in [0, 0.1) is 17.2 Å². The van der Waals surface area contributed by atoms with Crippen LogP contribution in [0.1, 0.15) is 31.7 Å². The molecule has 3 aromatic rings. The van der Waals surface area contributed by atoms with Gasteiger partial charge in [-0.1, -0.05) is 18.2 Å². The molecule has 0 radical (unpaired) electrons. The first kappa shape index (κ1) is 19.8. The highest BCUT2D eigenvalue weighted by molar-refractivity contribution is 5.93. The van der Waals surface area contributed by atoms with Crippen LogP contribution in [0.5, 0.6) is 0 Å². The topological polar surface area (TPSA) is 79.1 Å². The van der Waals surface area contributed by atoms with Crippen LogP contribution >= 0.6 is 0 Å². The molecule has 152 valence electrons. The quantitative estimate of drug-likeness (QED) is 0.593. The molecule has 0 bridgehead atoms. The number of rotatable bonds is 5. The number of fused-ring (bicyclic) bond motifs is 1. The minimum Gasteiger partial charge on any atom is -0.466 e. The van der Waals surface area contributed by atoms with E-state index < -0.39 is 0 Å². The summed E-state index contributed by atoms with van der Waals surface area (Å²) in [6.07, 6.45) is 4.13. The van der Waals surface area contributed by atoms with E-state index in [0.717, 1.165) is 53.9 Å². The van der Waals surface area contributed by atoms with Crippen molar-refractivity contribution < 1.29 is 9.53 Å². The third kappa shape index (κ3) is 4.25. The normalized spacial score (nSPS) is 14.5. The molecule has 30 heavy (non-hydrogen) atoms. The summed E-state index contributed by atoms with van der Waals surface area (Å²) in [6.45, 7) is 3.97. The third-order valence-electron chi connectivity index (χ3n) is 5.54. The fourth-order valence-electron chi connectivity index (χ4n) is 3.99. The number of pyridine rings is 2. The van der Waals surface area contributed by atoms with Gasteiger partial charge in [-0.15, -0.1) is 0 Å². The Balaban J connectivity index is 1.61. The summed E-state index contributed by atoms with van der Waals surface area (Å²) in [4.78, 5) is 23.5. The van der Waals surface area contributed by atoms with Gasteiger partial charge in [0.25, 0.3) is 0 Å². The van der Waals surface area contributed by atoms with Gasteiger partial charge in [0.05, 0.1) is 29.5 Å². The molecule has 6 nitrogen and oxygen atoms in total. The summed E-state index contributed by atoms with van der Waals surface area (Å²) >= 11 is 0. The van der Waals surface area contributed by atoms with E-state index in [1.807, 2.05) is 37.3 Å². The number of carbonyl (C=O) groups excluding carboxylic acids is 1. The number of esters is 1. The zero-order chi connectivity index (χ0) is 20.9. The predicted molar refractivity (Wildman–Crippen MR) is 116 cm³/mol. The molecule has 0 saturated carbocycles. The van der Waals surface area contributed by atoms with Gasteiger partial charge in [0.1, 0.15) is 5.82 Å². The molecule has 0 N–H and O–H groups in total. The monoisotopic (exact) mass is 400 g/mol. The lowest BCUT2D eigenvalue weighted by molar-refractivity contribution is -0.144. The predicted octanol–water partition coefficient (Wildman–Crippen LogP) is 4.34. The van der Waals surface area contributed by atoms with Gasteiger partial charge in [-0.3, -0.25) is 9.78 Å². The smallest absolute Gasteiger partial charge is 0.306 e. The first-order valence-electron chi connectivity index (χ1n) is 10.3. The summed E-state index contributed by atoms with van der Waals surface area (Å²) in [5.41, 5.74) is 3.10. The zero-order valence-electron chi connectivity index (χ0n) is 17.0. The average Bonchev–Trinajstić information content (AvgIpc) is 2.79. The van der Waals surface area contributed by atoms with Crippen LogP contribution < -0.4 is 4.90 Å².